The number of amides is 1. The summed E-state index contributed by atoms with van der Waals surface area (Å²) >= 11 is 0. The van der Waals surface area contributed by atoms with E-state index in [0.717, 1.165) is 11.1 Å². The molecule has 0 aliphatic carbocycles. The van der Waals surface area contributed by atoms with Crippen molar-refractivity contribution < 1.29 is 14.3 Å². The van der Waals surface area contributed by atoms with Crippen LogP contribution in [0.1, 0.15) is 52.6 Å². The molecule has 2 aromatic carbocycles. The van der Waals surface area contributed by atoms with Crippen LogP contribution in [0.2, 0.25) is 0 Å². The first-order valence-corrected chi connectivity index (χ1v) is 8.62. The van der Waals surface area contributed by atoms with E-state index in [1.165, 1.54) is 0 Å². The predicted octanol–water partition coefficient (Wildman–Crippen LogP) is 3.29. The predicted molar refractivity (Wildman–Crippen MR) is 102 cm³/mol. The quantitative estimate of drug-likeness (QED) is 0.781. The van der Waals surface area contributed by atoms with E-state index in [4.69, 9.17) is 4.74 Å². The first kappa shape index (κ1) is 19.7. The lowest BCUT2D eigenvalue weighted by molar-refractivity contribution is 0.00694. The zero-order valence-electron chi connectivity index (χ0n) is 15.8. The molecule has 0 atom stereocenters. The molecule has 0 spiro atoms. The fourth-order valence-electron chi connectivity index (χ4n) is 2.37. The number of carbonyl (C=O) groups excluding carboxylic acids is 2. The van der Waals surface area contributed by atoms with Gasteiger partial charge in [-0.1, -0.05) is 24.3 Å². The molecular formula is C21H26N2O3. The van der Waals surface area contributed by atoms with Gasteiger partial charge in [-0.3, -0.25) is 4.79 Å². The van der Waals surface area contributed by atoms with Gasteiger partial charge in [0.15, 0.2) is 0 Å². The highest BCUT2D eigenvalue weighted by atomic mass is 16.6. The molecule has 0 bridgehead atoms. The zero-order valence-corrected chi connectivity index (χ0v) is 15.8. The normalized spacial score (nSPS) is 11.1. The molecule has 0 saturated carbocycles. The Bertz CT molecular complexity index is 744. The third kappa shape index (κ3) is 6.01. The molecule has 138 valence electrons. The number of ether oxygens (including phenoxy) is 1. The van der Waals surface area contributed by atoms with Crippen molar-refractivity contribution in [2.45, 2.75) is 39.5 Å². The van der Waals surface area contributed by atoms with E-state index < -0.39 is 5.60 Å². The van der Waals surface area contributed by atoms with Crippen molar-refractivity contribution >= 4 is 11.9 Å². The van der Waals surface area contributed by atoms with Gasteiger partial charge in [0.05, 0.1) is 5.56 Å². The van der Waals surface area contributed by atoms with E-state index in [2.05, 4.69) is 10.6 Å². The van der Waals surface area contributed by atoms with E-state index in [1.54, 1.807) is 19.2 Å². The first-order chi connectivity index (χ1) is 12.3. The molecule has 26 heavy (non-hydrogen) atoms. The number of rotatable bonds is 6. The molecule has 0 heterocycles. The Hall–Kier alpha value is -2.66. The van der Waals surface area contributed by atoms with E-state index in [1.807, 2.05) is 57.2 Å². The Balaban J connectivity index is 1.84. The number of carbonyl (C=O) groups is 2. The molecule has 0 aliphatic heterocycles. The van der Waals surface area contributed by atoms with Crippen LogP contribution in [0, 0.1) is 0 Å². The maximum absolute atomic E-state index is 12.0. The molecule has 0 aliphatic rings. The SMILES string of the molecule is CNC(=O)c1ccc(CNCc2ccc(C(=O)OC(C)(C)C)cc2)cc1. The van der Waals surface area contributed by atoms with Gasteiger partial charge in [-0.15, -0.1) is 0 Å². The van der Waals surface area contributed by atoms with E-state index in [-0.39, 0.29) is 11.9 Å². The first-order valence-electron chi connectivity index (χ1n) is 8.62. The molecular weight excluding hydrogens is 328 g/mol. The second-order valence-corrected chi connectivity index (χ2v) is 7.08. The summed E-state index contributed by atoms with van der Waals surface area (Å²) in [6, 6.07) is 14.9. The second-order valence-electron chi connectivity index (χ2n) is 7.08. The van der Waals surface area contributed by atoms with Gasteiger partial charge in [0.1, 0.15) is 5.60 Å². The molecule has 2 rings (SSSR count). The van der Waals surface area contributed by atoms with Crippen LogP contribution in [0.4, 0.5) is 0 Å². The summed E-state index contributed by atoms with van der Waals surface area (Å²) in [6.45, 7) is 6.94. The standard InChI is InChI=1S/C21H26N2O3/c1-21(2,3)26-20(25)18-11-7-16(8-12-18)14-23-13-15-5-9-17(10-6-15)19(24)22-4/h5-12,23H,13-14H2,1-4H3,(H,22,24). The minimum absolute atomic E-state index is 0.0883. The van der Waals surface area contributed by atoms with Crippen LogP contribution in [0.5, 0.6) is 0 Å². The van der Waals surface area contributed by atoms with Gasteiger partial charge in [0, 0.05) is 25.7 Å². The van der Waals surface area contributed by atoms with Crippen molar-refractivity contribution in [2.75, 3.05) is 7.05 Å². The third-order valence-corrected chi connectivity index (χ3v) is 3.69. The fourth-order valence-corrected chi connectivity index (χ4v) is 2.37. The van der Waals surface area contributed by atoms with Gasteiger partial charge in [-0.05, 0) is 56.2 Å². The summed E-state index contributed by atoms with van der Waals surface area (Å²) < 4.78 is 5.35. The van der Waals surface area contributed by atoms with E-state index in [9.17, 15) is 9.59 Å². The van der Waals surface area contributed by atoms with E-state index in [0.29, 0.717) is 24.2 Å². The molecule has 1 amide bonds. The third-order valence-electron chi connectivity index (χ3n) is 3.69. The number of hydrogen-bond donors (Lipinski definition) is 2. The Morgan fingerprint density at radius 1 is 0.846 bits per heavy atom. The molecule has 5 heteroatoms. The lowest BCUT2D eigenvalue weighted by Gasteiger charge is -2.19. The Labute approximate surface area is 154 Å². The molecule has 2 aromatic rings. The van der Waals surface area contributed by atoms with Crippen molar-refractivity contribution in [3.63, 3.8) is 0 Å². The van der Waals surface area contributed by atoms with Gasteiger partial charge in [-0.2, -0.15) is 0 Å². The Morgan fingerprint density at radius 2 is 1.31 bits per heavy atom. The van der Waals surface area contributed by atoms with Crippen molar-refractivity contribution in [1.29, 1.82) is 0 Å². The van der Waals surface area contributed by atoms with Crippen LogP contribution < -0.4 is 10.6 Å². The van der Waals surface area contributed by atoms with Gasteiger partial charge >= 0.3 is 5.97 Å². The average Bonchev–Trinajstić information content (AvgIpc) is 2.61. The van der Waals surface area contributed by atoms with Crippen LogP contribution in [-0.4, -0.2) is 24.5 Å². The van der Waals surface area contributed by atoms with Crippen LogP contribution >= 0.6 is 0 Å². The maximum atomic E-state index is 12.0. The topological polar surface area (TPSA) is 67.4 Å². The van der Waals surface area contributed by atoms with Gasteiger partial charge < -0.3 is 15.4 Å². The highest BCUT2D eigenvalue weighted by Gasteiger charge is 2.17. The lowest BCUT2D eigenvalue weighted by Crippen LogP contribution is -2.23. The molecule has 0 unspecified atom stereocenters. The molecule has 0 saturated heterocycles. The van der Waals surface area contributed by atoms with E-state index >= 15 is 0 Å². The van der Waals surface area contributed by atoms with Crippen molar-refractivity contribution in [2.24, 2.45) is 0 Å². The molecule has 0 fully saturated rings. The second kappa shape index (κ2) is 8.63. The minimum atomic E-state index is -0.495. The highest BCUT2D eigenvalue weighted by Crippen LogP contribution is 2.13. The number of nitrogens with one attached hydrogen (secondary N) is 2. The molecule has 0 aromatic heterocycles. The van der Waals surface area contributed by atoms with Gasteiger partial charge in [0.25, 0.3) is 5.91 Å². The Kier molecular flexibility index (Phi) is 6.52. The summed E-state index contributed by atoms with van der Waals surface area (Å²) in [5, 5.41) is 5.95. The van der Waals surface area contributed by atoms with Crippen molar-refractivity contribution in [1.82, 2.24) is 10.6 Å². The minimum Gasteiger partial charge on any atom is -0.456 e. The van der Waals surface area contributed by atoms with Crippen LogP contribution in [-0.2, 0) is 17.8 Å². The fraction of sp³-hybridized carbons (Fsp3) is 0.333. The van der Waals surface area contributed by atoms with Crippen LogP contribution in [0.15, 0.2) is 48.5 Å². The van der Waals surface area contributed by atoms with Crippen molar-refractivity contribution in [3.05, 3.63) is 70.8 Å². The molecule has 2 N–H and O–H groups in total. The maximum Gasteiger partial charge on any atom is 0.338 e. The number of benzene rings is 2. The largest absolute Gasteiger partial charge is 0.456 e. The summed E-state index contributed by atoms with van der Waals surface area (Å²) in [5.74, 6) is -0.400. The molecule has 0 radical (unpaired) electrons. The number of esters is 1. The smallest absolute Gasteiger partial charge is 0.338 e. The summed E-state index contributed by atoms with van der Waals surface area (Å²) in [5.41, 5.74) is 2.88. The monoisotopic (exact) mass is 354 g/mol. The van der Waals surface area contributed by atoms with Gasteiger partial charge in [-0.25, -0.2) is 4.79 Å². The highest BCUT2D eigenvalue weighted by molar-refractivity contribution is 5.93. The van der Waals surface area contributed by atoms with Gasteiger partial charge in [0.2, 0.25) is 0 Å². The Morgan fingerprint density at radius 3 is 1.73 bits per heavy atom. The summed E-state index contributed by atoms with van der Waals surface area (Å²) in [6.07, 6.45) is 0. The lowest BCUT2D eigenvalue weighted by atomic mass is 10.1. The van der Waals surface area contributed by atoms with Crippen LogP contribution in [0.3, 0.4) is 0 Å². The molecule has 5 nitrogen and oxygen atoms in total. The average molecular weight is 354 g/mol. The number of hydrogen-bond acceptors (Lipinski definition) is 4. The summed E-state index contributed by atoms with van der Waals surface area (Å²) in [4.78, 5) is 23.5. The van der Waals surface area contributed by atoms with Crippen molar-refractivity contribution in [3.8, 4) is 0 Å². The van der Waals surface area contributed by atoms with Crippen LogP contribution in [0.25, 0.3) is 0 Å². The zero-order chi connectivity index (χ0) is 19.2. The summed E-state index contributed by atoms with van der Waals surface area (Å²) in [7, 11) is 1.62.